The molecule has 0 aliphatic carbocycles. The molecule has 1 aromatic rings. The minimum Gasteiger partial charge on any atom is -0.363 e. The smallest absolute Gasteiger partial charge is 0.136 e. The van der Waals surface area contributed by atoms with Crippen LogP contribution in [0.1, 0.15) is 69.4 Å². The molecular weight excluding hydrogens is 316 g/mol. The van der Waals surface area contributed by atoms with E-state index in [1.807, 2.05) is 6.34 Å². The van der Waals surface area contributed by atoms with Crippen molar-refractivity contribution in [1.82, 2.24) is 4.90 Å². The SMILES string of the molecule is CC1(C)Cc2c(sc(N=CN3CCCCCC3)c2C#N)C(C)(C)[NH2+]1. The molecule has 0 unspecified atom stereocenters. The highest BCUT2D eigenvalue weighted by Crippen LogP contribution is 2.42. The molecule has 0 saturated carbocycles. The van der Waals surface area contributed by atoms with E-state index in [0.717, 1.165) is 30.1 Å². The minimum atomic E-state index is 0.00369. The normalized spacial score (nSPS) is 22.9. The van der Waals surface area contributed by atoms with Crippen LogP contribution in [0.2, 0.25) is 0 Å². The van der Waals surface area contributed by atoms with E-state index < -0.39 is 0 Å². The molecule has 3 rings (SSSR count). The number of nitriles is 1. The van der Waals surface area contributed by atoms with Crippen LogP contribution in [0.15, 0.2) is 4.99 Å². The first-order valence-corrected chi connectivity index (χ1v) is 9.86. The van der Waals surface area contributed by atoms with Crippen molar-refractivity contribution in [3.8, 4) is 6.07 Å². The molecule has 2 N–H and O–H groups in total. The molecule has 2 aliphatic rings. The second kappa shape index (κ2) is 6.50. The van der Waals surface area contributed by atoms with E-state index in [1.54, 1.807) is 11.3 Å². The Labute approximate surface area is 149 Å². The molecule has 0 amide bonds. The molecule has 24 heavy (non-hydrogen) atoms. The van der Waals surface area contributed by atoms with Gasteiger partial charge in [0, 0.05) is 19.5 Å². The van der Waals surface area contributed by atoms with E-state index in [1.165, 1.54) is 36.1 Å². The Hall–Kier alpha value is -1.38. The first-order valence-electron chi connectivity index (χ1n) is 9.04. The molecular formula is C19H29N4S+. The lowest BCUT2D eigenvalue weighted by atomic mass is 9.81. The van der Waals surface area contributed by atoms with Crippen LogP contribution >= 0.6 is 11.3 Å². The zero-order chi connectivity index (χ0) is 17.4. The van der Waals surface area contributed by atoms with Gasteiger partial charge in [-0.2, -0.15) is 5.26 Å². The summed E-state index contributed by atoms with van der Waals surface area (Å²) in [4.78, 5) is 8.38. The average Bonchev–Trinajstić information content (AvgIpc) is 2.67. The molecule has 0 bridgehead atoms. The van der Waals surface area contributed by atoms with Gasteiger partial charge in [-0.15, -0.1) is 11.3 Å². The highest BCUT2D eigenvalue weighted by Gasteiger charge is 2.44. The van der Waals surface area contributed by atoms with Crippen LogP contribution in [0.3, 0.4) is 0 Å². The van der Waals surface area contributed by atoms with Crippen molar-refractivity contribution in [3.63, 3.8) is 0 Å². The third kappa shape index (κ3) is 3.50. The van der Waals surface area contributed by atoms with Gasteiger partial charge in [0.25, 0.3) is 0 Å². The average molecular weight is 346 g/mol. The van der Waals surface area contributed by atoms with Gasteiger partial charge >= 0.3 is 0 Å². The van der Waals surface area contributed by atoms with Gasteiger partial charge in [0.1, 0.15) is 16.6 Å². The molecule has 130 valence electrons. The molecule has 1 saturated heterocycles. The number of quaternary nitrogens is 1. The summed E-state index contributed by atoms with van der Waals surface area (Å²) in [5.74, 6) is 0. The maximum atomic E-state index is 9.74. The van der Waals surface area contributed by atoms with E-state index in [0.29, 0.717) is 0 Å². The number of rotatable bonds is 2. The van der Waals surface area contributed by atoms with Gasteiger partial charge in [-0.05, 0) is 46.1 Å². The highest BCUT2D eigenvalue weighted by atomic mass is 32.1. The van der Waals surface area contributed by atoms with Gasteiger partial charge in [-0.1, -0.05) is 12.8 Å². The Balaban J connectivity index is 1.93. The van der Waals surface area contributed by atoms with Gasteiger partial charge in [-0.3, -0.25) is 0 Å². The second-order valence-corrected chi connectivity index (χ2v) is 9.43. The molecule has 0 radical (unpaired) electrons. The number of hydrogen-bond donors (Lipinski definition) is 1. The molecule has 3 heterocycles. The predicted molar refractivity (Wildman–Crippen MR) is 100.0 cm³/mol. The van der Waals surface area contributed by atoms with E-state index in [-0.39, 0.29) is 11.1 Å². The minimum absolute atomic E-state index is 0.00369. The monoisotopic (exact) mass is 345 g/mol. The van der Waals surface area contributed by atoms with E-state index in [9.17, 15) is 5.26 Å². The van der Waals surface area contributed by atoms with Crippen molar-refractivity contribution < 1.29 is 5.32 Å². The third-order valence-corrected chi connectivity index (χ3v) is 6.53. The standard InChI is InChI=1S/C19H28N4S/c1-18(2)11-14-15(12-20)17(24-16(14)19(3,4)22-18)21-13-23-9-7-5-6-8-10-23/h13,22H,5-11H2,1-4H3/p+1. The fourth-order valence-electron chi connectivity index (χ4n) is 4.24. The van der Waals surface area contributed by atoms with E-state index in [2.05, 4.69) is 44.0 Å². The Morgan fingerprint density at radius 1 is 1.17 bits per heavy atom. The molecule has 0 atom stereocenters. The Kier molecular flexibility index (Phi) is 4.72. The van der Waals surface area contributed by atoms with Gasteiger partial charge in [0.15, 0.2) is 0 Å². The second-order valence-electron chi connectivity index (χ2n) is 8.43. The molecule has 1 aromatic heterocycles. The fourth-order valence-corrected chi connectivity index (χ4v) is 5.42. The van der Waals surface area contributed by atoms with Crippen LogP contribution in [-0.2, 0) is 12.0 Å². The Morgan fingerprint density at radius 3 is 2.46 bits per heavy atom. The quantitative estimate of drug-likeness (QED) is 0.660. The van der Waals surface area contributed by atoms with Crippen molar-refractivity contribution in [1.29, 1.82) is 5.26 Å². The van der Waals surface area contributed by atoms with Gasteiger partial charge in [-0.25, -0.2) is 4.99 Å². The molecule has 4 nitrogen and oxygen atoms in total. The van der Waals surface area contributed by atoms with Crippen LogP contribution in [0.5, 0.6) is 0 Å². The van der Waals surface area contributed by atoms with Crippen LogP contribution in [0.4, 0.5) is 5.00 Å². The first-order chi connectivity index (χ1) is 11.3. The van der Waals surface area contributed by atoms with Crippen LogP contribution in [0.25, 0.3) is 0 Å². The zero-order valence-corrected chi connectivity index (χ0v) is 16.2. The summed E-state index contributed by atoms with van der Waals surface area (Å²) in [7, 11) is 0. The number of thiophene rings is 1. The number of nitrogens with two attached hydrogens (primary N) is 1. The maximum Gasteiger partial charge on any atom is 0.136 e. The van der Waals surface area contributed by atoms with Crippen molar-refractivity contribution in [2.45, 2.75) is 70.9 Å². The summed E-state index contributed by atoms with van der Waals surface area (Å²) in [5.41, 5.74) is 2.15. The number of aliphatic imine (C=N–C) groups is 1. The van der Waals surface area contributed by atoms with Crippen LogP contribution in [0, 0.1) is 11.3 Å². The molecule has 2 aliphatic heterocycles. The number of likely N-dealkylation sites (tertiary alicyclic amines) is 1. The van der Waals surface area contributed by atoms with Crippen molar-refractivity contribution in [3.05, 3.63) is 16.0 Å². The summed E-state index contributed by atoms with van der Waals surface area (Å²) in [6.07, 6.45) is 8.04. The van der Waals surface area contributed by atoms with Crippen LogP contribution in [-0.4, -0.2) is 29.9 Å². The largest absolute Gasteiger partial charge is 0.363 e. The summed E-state index contributed by atoms with van der Waals surface area (Å²) in [6, 6.07) is 2.44. The maximum absolute atomic E-state index is 9.74. The summed E-state index contributed by atoms with van der Waals surface area (Å²) in [6.45, 7) is 11.2. The Morgan fingerprint density at radius 2 is 1.83 bits per heavy atom. The van der Waals surface area contributed by atoms with Gasteiger partial charge in [0.2, 0.25) is 0 Å². The van der Waals surface area contributed by atoms with E-state index in [4.69, 9.17) is 4.99 Å². The van der Waals surface area contributed by atoms with Crippen molar-refractivity contribution in [2.24, 2.45) is 4.99 Å². The van der Waals surface area contributed by atoms with Crippen molar-refractivity contribution >= 4 is 22.7 Å². The van der Waals surface area contributed by atoms with Gasteiger partial charge in [0.05, 0.1) is 22.3 Å². The predicted octanol–water partition coefficient (Wildman–Crippen LogP) is 3.29. The lowest BCUT2D eigenvalue weighted by molar-refractivity contribution is -0.789. The van der Waals surface area contributed by atoms with Gasteiger partial charge < -0.3 is 10.2 Å². The lowest BCUT2D eigenvalue weighted by Gasteiger charge is -2.38. The Bertz CT molecular complexity index is 670. The number of fused-ring (bicyclic) bond motifs is 1. The first kappa shape index (κ1) is 17.4. The molecule has 1 fully saturated rings. The van der Waals surface area contributed by atoms with Crippen LogP contribution < -0.4 is 5.32 Å². The molecule has 5 heteroatoms. The number of hydrogen-bond acceptors (Lipinski definition) is 3. The highest BCUT2D eigenvalue weighted by molar-refractivity contribution is 7.16. The van der Waals surface area contributed by atoms with E-state index >= 15 is 0 Å². The van der Waals surface area contributed by atoms with Crippen molar-refractivity contribution in [2.75, 3.05) is 13.1 Å². The molecule has 0 aromatic carbocycles. The summed E-state index contributed by atoms with van der Waals surface area (Å²) < 4.78 is 0. The molecule has 0 spiro atoms. The topological polar surface area (TPSA) is 56.0 Å². The summed E-state index contributed by atoms with van der Waals surface area (Å²) in [5, 5.41) is 13.1. The third-order valence-electron chi connectivity index (χ3n) is 5.05. The lowest BCUT2D eigenvalue weighted by Crippen LogP contribution is -3.03. The number of nitrogens with zero attached hydrogens (tertiary/aromatic N) is 3. The summed E-state index contributed by atoms with van der Waals surface area (Å²) >= 11 is 1.71. The zero-order valence-electron chi connectivity index (χ0n) is 15.4. The fraction of sp³-hybridized carbons (Fsp3) is 0.684.